The molecule has 2 aliphatic rings. The molecule has 0 unspecified atom stereocenters. The molecule has 186 valence electrons. The summed E-state index contributed by atoms with van der Waals surface area (Å²) in [6.45, 7) is 0.498. The average molecular weight is 486 g/mol. The molecule has 1 amide bonds. The molecule has 0 bridgehead atoms. The molecule has 0 radical (unpaired) electrons. The Balaban J connectivity index is 1.59. The first-order valence-corrected chi connectivity index (χ1v) is 10.9. The van der Waals surface area contributed by atoms with E-state index >= 15 is 0 Å². The molecular formula is C24H26N2O9. The SMILES string of the molecule is COc1cc(C(=O)N2CCC3(CC2)CC(=O)c2ccc(OC)c(OC)c2O3)c([N+](=O)[O-])cc1OC. The van der Waals surface area contributed by atoms with Gasteiger partial charge in [0.25, 0.3) is 11.6 Å². The van der Waals surface area contributed by atoms with E-state index in [1.54, 1.807) is 12.1 Å². The molecule has 0 saturated carbocycles. The Morgan fingerprint density at radius 3 is 2.20 bits per heavy atom. The first-order valence-electron chi connectivity index (χ1n) is 10.9. The van der Waals surface area contributed by atoms with Crippen LogP contribution in [0.4, 0.5) is 5.69 Å². The van der Waals surface area contributed by atoms with E-state index in [0.29, 0.717) is 35.7 Å². The number of ketones is 1. The van der Waals surface area contributed by atoms with Gasteiger partial charge >= 0.3 is 0 Å². The minimum atomic E-state index is -0.815. The summed E-state index contributed by atoms with van der Waals surface area (Å²) in [6, 6.07) is 5.81. The molecule has 4 rings (SSSR count). The van der Waals surface area contributed by atoms with Gasteiger partial charge in [-0.2, -0.15) is 0 Å². The largest absolute Gasteiger partial charge is 0.493 e. The zero-order chi connectivity index (χ0) is 25.3. The second-order valence-corrected chi connectivity index (χ2v) is 8.34. The van der Waals surface area contributed by atoms with Crippen molar-refractivity contribution in [3.63, 3.8) is 0 Å². The van der Waals surface area contributed by atoms with Gasteiger partial charge in [-0.3, -0.25) is 19.7 Å². The highest BCUT2D eigenvalue weighted by molar-refractivity contribution is 6.02. The monoisotopic (exact) mass is 486 g/mol. The Kier molecular flexibility index (Phi) is 6.42. The van der Waals surface area contributed by atoms with Gasteiger partial charge in [0.15, 0.2) is 28.8 Å². The van der Waals surface area contributed by atoms with Crippen LogP contribution in [0, 0.1) is 10.1 Å². The minimum absolute atomic E-state index is 0.0810. The molecule has 0 aromatic heterocycles. The van der Waals surface area contributed by atoms with Crippen LogP contribution >= 0.6 is 0 Å². The number of carbonyl (C=O) groups excluding carboxylic acids is 2. The van der Waals surface area contributed by atoms with Gasteiger partial charge in [-0.25, -0.2) is 0 Å². The third-order valence-electron chi connectivity index (χ3n) is 6.49. The quantitative estimate of drug-likeness (QED) is 0.446. The predicted molar refractivity (Wildman–Crippen MR) is 123 cm³/mol. The van der Waals surface area contributed by atoms with Crippen LogP contribution < -0.4 is 23.7 Å². The number of fused-ring (bicyclic) bond motifs is 1. The van der Waals surface area contributed by atoms with Gasteiger partial charge < -0.3 is 28.6 Å². The van der Waals surface area contributed by atoms with Gasteiger partial charge in [-0.05, 0) is 12.1 Å². The Bertz CT molecular complexity index is 1190. The molecule has 2 aromatic rings. The molecule has 1 fully saturated rings. The van der Waals surface area contributed by atoms with Crippen LogP contribution in [-0.4, -0.2) is 68.6 Å². The lowest BCUT2D eigenvalue weighted by molar-refractivity contribution is -0.385. The Morgan fingerprint density at radius 2 is 1.63 bits per heavy atom. The standard InChI is InChI=1S/C24H26N2O9/c1-31-18-6-5-14-17(27)13-24(35-21(14)22(18)34-4)7-9-25(10-8-24)23(28)15-11-19(32-2)20(33-3)12-16(15)26(29)30/h5-6,11-12H,7-10,13H2,1-4H3. The van der Waals surface area contributed by atoms with Gasteiger partial charge in [-0.15, -0.1) is 0 Å². The number of likely N-dealkylation sites (tertiary alicyclic amines) is 1. The van der Waals surface area contributed by atoms with E-state index in [2.05, 4.69) is 0 Å². The van der Waals surface area contributed by atoms with Crippen molar-refractivity contribution in [3.8, 4) is 28.7 Å². The van der Waals surface area contributed by atoms with E-state index < -0.39 is 16.4 Å². The summed E-state index contributed by atoms with van der Waals surface area (Å²) in [5, 5.41) is 11.6. The average Bonchev–Trinajstić information content (AvgIpc) is 2.87. The number of benzene rings is 2. The molecule has 0 aliphatic carbocycles. The topological polar surface area (TPSA) is 127 Å². The lowest BCUT2D eigenvalue weighted by Gasteiger charge is -2.44. The number of nitrogens with zero attached hydrogens (tertiary/aromatic N) is 2. The third kappa shape index (κ3) is 4.17. The van der Waals surface area contributed by atoms with Crippen molar-refractivity contribution in [2.24, 2.45) is 0 Å². The van der Waals surface area contributed by atoms with Crippen LogP contribution in [0.25, 0.3) is 0 Å². The summed E-state index contributed by atoms with van der Waals surface area (Å²) < 4.78 is 27.5. The van der Waals surface area contributed by atoms with E-state index in [1.807, 2.05) is 0 Å². The smallest absolute Gasteiger partial charge is 0.286 e. The van der Waals surface area contributed by atoms with Gasteiger partial charge in [-0.1, -0.05) is 0 Å². The van der Waals surface area contributed by atoms with Crippen molar-refractivity contribution in [3.05, 3.63) is 45.5 Å². The molecule has 11 heteroatoms. The van der Waals surface area contributed by atoms with Crippen molar-refractivity contribution in [2.75, 3.05) is 41.5 Å². The second kappa shape index (κ2) is 9.32. The number of carbonyl (C=O) groups is 2. The fourth-order valence-electron chi connectivity index (χ4n) is 4.62. The van der Waals surface area contributed by atoms with Crippen molar-refractivity contribution in [1.29, 1.82) is 0 Å². The lowest BCUT2D eigenvalue weighted by atomic mass is 9.82. The minimum Gasteiger partial charge on any atom is -0.493 e. The zero-order valence-corrected chi connectivity index (χ0v) is 19.9. The van der Waals surface area contributed by atoms with Crippen LogP contribution in [-0.2, 0) is 0 Å². The van der Waals surface area contributed by atoms with Crippen molar-refractivity contribution >= 4 is 17.4 Å². The number of methoxy groups -OCH3 is 4. The molecule has 35 heavy (non-hydrogen) atoms. The summed E-state index contributed by atoms with van der Waals surface area (Å²) in [5.74, 6) is 0.913. The maximum absolute atomic E-state index is 13.3. The first-order chi connectivity index (χ1) is 16.8. The van der Waals surface area contributed by atoms with E-state index in [0.717, 1.165) is 0 Å². The van der Waals surface area contributed by atoms with Crippen LogP contribution in [0.5, 0.6) is 28.7 Å². The van der Waals surface area contributed by atoms with Crippen LogP contribution in [0.1, 0.15) is 40.0 Å². The van der Waals surface area contributed by atoms with Crippen LogP contribution in [0.2, 0.25) is 0 Å². The van der Waals surface area contributed by atoms with Gasteiger partial charge in [0, 0.05) is 32.0 Å². The molecule has 2 aliphatic heterocycles. The summed E-state index contributed by atoms with van der Waals surface area (Å²) in [5.41, 5.74) is -0.860. The maximum atomic E-state index is 13.3. The third-order valence-corrected chi connectivity index (χ3v) is 6.49. The van der Waals surface area contributed by atoms with Crippen molar-refractivity contribution in [1.82, 2.24) is 4.90 Å². The highest BCUT2D eigenvalue weighted by atomic mass is 16.6. The summed E-state index contributed by atoms with van der Waals surface area (Å²) in [4.78, 5) is 38.8. The number of amides is 1. The Hall–Kier alpha value is -4.02. The van der Waals surface area contributed by atoms with Gasteiger partial charge in [0.05, 0.1) is 51.4 Å². The molecule has 2 heterocycles. The first kappa shape index (κ1) is 24.1. The highest BCUT2D eigenvalue weighted by Gasteiger charge is 2.45. The molecular weight excluding hydrogens is 460 g/mol. The molecule has 2 aromatic carbocycles. The van der Waals surface area contributed by atoms with Crippen LogP contribution in [0.3, 0.4) is 0 Å². The fourth-order valence-corrected chi connectivity index (χ4v) is 4.62. The number of hydrogen-bond donors (Lipinski definition) is 0. The number of hydrogen-bond acceptors (Lipinski definition) is 9. The Labute approximate surface area is 201 Å². The van der Waals surface area contributed by atoms with E-state index in [9.17, 15) is 19.7 Å². The van der Waals surface area contributed by atoms with E-state index in [4.69, 9.17) is 23.7 Å². The summed E-state index contributed by atoms with van der Waals surface area (Å²) in [6.07, 6.45) is 0.894. The van der Waals surface area contributed by atoms with Crippen molar-refractivity contribution < 1.29 is 38.2 Å². The molecule has 0 N–H and O–H groups in total. The number of nitro groups is 1. The second-order valence-electron chi connectivity index (χ2n) is 8.34. The fraction of sp³-hybridized carbons (Fsp3) is 0.417. The highest BCUT2D eigenvalue weighted by Crippen LogP contribution is 2.48. The number of ether oxygens (including phenoxy) is 5. The normalized spacial score (nSPS) is 16.2. The van der Waals surface area contributed by atoms with E-state index in [1.165, 1.54) is 45.5 Å². The van der Waals surface area contributed by atoms with Crippen LogP contribution in [0.15, 0.2) is 24.3 Å². The number of rotatable bonds is 6. The predicted octanol–water partition coefficient (Wildman–Crippen LogP) is 3.27. The van der Waals surface area contributed by atoms with Crippen molar-refractivity contribution in [2.45, 2.75) is 24.9 Å². The lowest BCUT2D eigenvalue weighted by Crippen LogP contribution is -2.52. The van der Waals surface area contributed by atoms with E-state index in [-0.39, 0.29) is 48.0 Å². The zero-order valence-electron chi connectivity index (χ0n) is 19.9. The van der Waals surface area contributed by atoms with Gasteiger partial charge in [0.1, 0.15) is 11.2 Å². The molecule has 0 atom stereocenters. The molecule has 1 spiro atoms. The molecule has 11 nitrogen and oxygen atoms in total. The maximum Gasteiger partial charge on any atom is 0.286 e. The summed E-state index contributed by atoms with van der Waals surface area (Å²) >= 11 is 0. The number of Topliss-reactive ketones (excluding diaryl/α,β-unsaturated/α-hetero) is 1. The van der Waals surface area contributed by atoms with Gasteiger partial charge in [0.2, 0.25) is 5.75 Å². The number of piperidine rings is 1. The Morgan fingerprint density at radius 1 is 1.00 bits per heavy atom. The summed E-state index contributed by atoms with van der Waals surface area (Å²) in [7, 11) is 5.73. The number of nitro benzene ring substituents is 1. The molecule has 1 saturated heterocycles.